The normalized spacial score (nSPS) is 10.9. The molecule has 0 aliphatic heterocycles. The van der Waals surface area contributed by atoms with Gasteiger partial charge in [-0.2, -0.15) is 0 Å². The highest BCUT2D eigenvalue weighted by molar-refractivity contribution is 5.84. The van der Waals surface area contributed by atoms with Crippen molar-refractivity contribution in [2.24, 2.45) is 0 Å². The number of nitrogens with one attached hydrogen (secondary N) is 2. The topological polar surface area (TPSA) is 75.3 Å². The van der Waals surface area contributed by atoms with Crippen LogP contribution in [0.2, 0.25) is 0 Å². The van der Waals surface area contributed by atoms with Gasteiger partial charge in [-0.05, 0) is 51.9 Å². The minimum Gasteiger partial charge on any atom is -0.356 e. The zero-order chi connectivity index (χ0) is 20.2. The van der Waals surface area contributed by atoms with E-state index in [0.717, 1.165) is 64.3 Å². The Morgan fingerprint density at radius 2 is 1.26 bits per heavy atom. The van der Waals surface area contributed by atoms with Gasteiger partial charge >= 0.3 is 0 Å². The van der Waals surface area contributed by atoms with Gasteiger partial charge in [0.05, 0.1) is 6.54 Å². The highest BCUT2D eigenvalue weighted by Gasteiger charge is 2.01. The molecule has 2 N–H and O–H groups in total. The molecule has 0 aromatic rings. The first-order valence-electron chi connectivity index (χ1n) is 10.7. The number of carbonyl (C=O) groups is 3. The van der Waals surface area contributed by atoms with E-state index in [4.69, 9.17) is 0 Å². The maximum atomic E-state index is 11.6. The molecule has 0 saturated carbocycles. The summed E-state index contributed by atoms with van der Waals surface area (Å²) in [6.07, 6.45) is 17.4. The Hall–Kier alpha value is -1.65. The van der Waals surface area contributed by atoms with Crippen molar-refractivity contribution in [2.45, 2.75) is 97.3 Å². The Bertz CT molecular complexity index is 433. The molecular formula is C22H40N2O3. The Morgan fingerprint density at radius 3 is 1.85 bits per heavy atom. The smallest absolute Gasteiger partial charge is 0.220 e. The molecular weight excluding hydrogens is 340 g/mol. The summed E-state index contributed by atoms with van der Waals surface area (Å²) in [4.78, 5) is 33.8. The van der Waals surface area contributed by atoms with Gasteiger partial charge in [0, 0.05) is 19.4 Å². The molecule has 0 heterocycles. The molecule has 0 atom stereocenters. The van der Waals surface area contributed by atoms with Crippen LogP contribution < -0.4 is 10.6 Å². The second-order valence-electron chi connectivity index (χ2n) is 7.21. The van der Waals surface area contributed by atoms with Gasteiger partial charge in [0.2, 0.25) is 11.8 Å². The number of hydrogen-bond acceptors (Lipinski definition) is 3. The lowest BCUT2D eigenvalue weighted by Crippen LogP contribution is -2.27. The van der Waals surface area contributed by atoms with Crippen molar-refractivity contribution in [3.8, 4) is 0 Å². The molecule has 0 aliphatic carbocycles. The predicted octanol–water partition coefficient (Wildman–Crippen LogP) is 4.46. The zero-order valence-corrected chi connectivity index (χ0v) is 17.5. The first-order chi connectivity index (χ1) is 13.1. The molecule has 0 aromatic heterocycles. The number of carbonyl (C=O) groups excluding carboxylic acids is 3. The number of Topliss-reactive ketones (excluding diaryl/α,β-unsaturated/α-hetero) is 1. The van der Waals surface area contributed by atoms with Crippen molar-refractivity contribution in [2.75, 3.05) is 13.1 Å². The number of ketones is 1. The highest BCUT2D eigenvalue weighted by atomic mass is 16.2. The average molecular weight is 381 g/mol. The molecule has 0 unspecified atom stereocenters. The fourth-order valence-corrected chi connectivity index (χ4v) is 2.69. The minimum absolute atomic E-state index is 0.0155. The third-order valence-electron chi connectivity index (χ3n) is 4.35. The van der Waals surface area contributed by atoms with E-state index in [1.165, 1.54) is 19.8 Å². The third kappa shape index (κ3) is 20.5. The molecule has 0 bridgehead atoms. The van der Waals surface area contributed by atoms with Gasteiger partial charge in [-0.1, -0.05) is 44.8 Å². The van der Waals surface area contributed by atoms with Gasteiger partial charge in [-0.25, -0.2) is 0 Å². The van der Waals surface area contributed by atoms with Crippen LogP contribution in [0.1, 0.15) is 97.3 Å². The SMILES string of the molecule is CCCCCCC(=O)NCCCC/C=C/CCCCCC(=O)NCC(C)=O. The van der Waals surface area contributed by atoms with E-state index in [-0.39, 0.29) is 24.1 Å². The van der Waals surface area contributed by atoms with Crippen molar-refractivity contribution < 1.29 is 14.4 Å². The summed E-state index contributed by atoms with van der Waals surface area (Å²) in [6.45, 7) is 4.57. The zero-order valence-electron chi connectivity index (χ0n) is 17.5. The maximum absolute atomic E-state index is 11.6. The molecule has 0 saturated heterocycles. The van der Waals surface area contributed by atoms with Gasteiger partial charge < -0.3 is 10.6 Å². The Kier molecular flexibility index (Phi) is 18.0. The Balaban J connectivity index is 3.32. The van der Waals surface area contributed by atoms with Crippen LogP contribution in [0.25, 0.3) is 0 Å². The molecule has 0 radical (unpaired) electrons. The van der Waals surface area contributed by atoms with Crippen molar-refractivity contribution in [3.63, 3.8) is 0 Å². The van der Waals surface area contributed by atoms with Crippen LogP contribution in [0.3, 0.4) is 0 Å². The van der Waals surface area contributed by atoms with Crippen molar-refractivity contribution in [1.82, 2.24) is 10.6 Å². The quantitative estimate of drug-likeness (QED) is 0.272. The lowest BCUT2D eigenvalue weighted by Gasteiger charge is -2.04. The molecule has 5 nitrogen and oxygen atoms in total. The number of allylic oxidation sites excluding steroid dienone is 2. The second-order valence-corrected chi connectivity index (χ2v) is 7.21. The van der Waals surface area contributed by atoms with Gasteiger partial charge in [0.15, 0.2) is 0 Å². The van der Waals surface area contributed by atoms with Gasteiger partial charge in [-0.15, -0.1) is 0 Å². The summed E-state index contributed by atoms with van der Waals surface area (Å²) in [5.41, 5.74) is 0. The first-order valence-corrected chi connectivity index (χ1v) is 10.7. The number of rotatable bonds is 18. The Labute approximate surface area is 165 Å². The molecule has 27 heavy (non-hydrogen) atoms. The molecule has 0 aliphatic rings. The third-order valence-corrected chi connectivity index (χ3v) is 4.35. The second kappa shape index (κ2) is 19.1. The van der Waals surface area contributed by atoms with E-state index in [9.17, 15) is 14.4 Å². The van der Waals surface area contributed by atoms with Gasteiger partial charge in [0.25, 0.3) is 0 Å². The van der Waals surface area contributed by atoms with E-state index in [1.807, 2.05) is 0 Å². The maximum Gasteiger partial charge on any atom is 0.220 e. The van der Waals surface area contributed by atoms with Crippen molar-refractivity contribution in [1.29, 1.82) is 0 Å². The summed E-state index contributed by atoms with van der Waals surface area (Å²) >= 11 is 0. The van der Waals surface area contributed by atoms with Crippen molar-refractivity contribution >= 4 is 17.6 Å². The first kappa shape index (κ1) is 25.4. The fraction of sp³-hybridized carbons (Fsp3) is 0.773. The standard InChI is InChI=1S/C22H40N2O3/c1-3-4-5-13-16-21(26)23-18-15-12-10-8-6-7-9-11-14-17-22(27)24-19-20(2)25/h6,8H,3-5,7,9-19H2,1-2H3,(H,23,26)(H,24,27)/b8-6+. The molecule has 0 spiro atoms. The molecule has 5 heteroatoms. The predicted molar refractivity (Wildman–Crippen MR) is 112 cm³/mol. The van der Waals surface area contributed by atoms with Crippen LogP contribution in [0, 0.1) is 0 Å². The summed E-state index contributed by atoms with van der Waals surface area (Å²) in [7, 11) is 0. The molecule has 2 amide bonds. The molecule has 156 valence electrons. The summed E-state index contributed by atoms with van der Waals surface area (Å²) < 4.78 is 0. The Morgan fingerprint density at radius 1 is 0.704 bits per heavy atom. The van der Waals surface area contributed by atoms with Gasteiger partial charge in [-0.3, -0.25) is 14.4 Å². The van der Waals surface area contributed by atoms with Crippen LogP contribution >= 0.6 is 0 Å². The summed E-state index contributed by atoms with van der Waals surface area (Å²) in [5, 5.41) is 5.61. The van der Waals surface area contributed by atoms with E-state index in [2.05, 4.69) is 29.7 Å². The number of hydrogen-bond donors (Lipinski definition) is 2. The van der Waals surface area contributed by atoms with E-state index in [1.54, 1.807) is 0 Å². The van der Waals surface area contributed by atoms with Crippen molar-refractivity contribution in [3.05, 3.63) is 12.2 Å². The lowest BCUT2D eigenvalue weighted by atomic mass is 10.1. The molecule has 0 fully saturated rings. The van der Waals surface area contributed by atoms with E-state index in [0.29, 0.717) is 12.8 Å². The summed E-state index contributed by atoms with van der Waals surface area (Å²) in [5.74, 6) is 0.142. The molecule has 0 aromatic carbocycles. The average Bonchev–Trinajstić information content (AvgIpc) is 2.64. The number of unbranched alkanes of at least 4 members (excludes halogenated alkanes) is 8. The monoisotopic (exact) mass is 380 g/mol. The van der Waals surface area contributed by atoms with Gasteiger partial charge in [0.1, 0.15) is 5.78 Å². The van der Waals surface area contributed by atoms with Crippen LogP contribution in [0.4, 0.5) is 0 Å². The fourth-order valence-electron chi connectivity index (χ4n) is 2.69. The van der Waals surface area contributed by atoms with E-state index >= 15 is 0 Å². The van der Waals surface area contributed by atoms with Crippen LogP contribution in [0.15, 0.2) is 12.2 Å². The lowest BCUT2D eigenvalue weighted by molar-refractivity contribution is -0.124. The summed E-state index contributed by atoms with van der Waals surface area (Å²) in [6, 6.07) is 0. The largest absolute Gasteiger partial charge is 0.356 e. The molecule has 0 rings (SSSR count). The van der Waals surface area contributed by atoms with E-state index < -0.39 is 0 Å². The van der Waals surface area contributed by atoms with Crippen LogP contribution in [-0.2, 0) is 14.4 Å². The minimum atomic E-state index is -0.0335. The van der Waals surface area contributed by atoms with Crippen LogP contribution in [-0.4, -0.2) is 30.7 Å². The van der Waals surface area contributed by atoms with Crippen LogP contribution in [0.5, 0.6) is 0 Å². The highest BCUT2D eigenvalue weighted by Crippen LogP contribution is 2.05. The number of amides is 2.